The van der Waals surface area contributed by atoms with Crippen molar-refractivity contribution < 1.29 is 9.47 Å². The highest BCUT2D eigenvalue weighted by atomic mass is 127. The minimum atomic E-state index is -0.0318. The van der Waals surface area contributed by atoms with Crippen molar-refractivity contribution >= 4 is 29.9 Å². The molecule has 1 fully saturated rings. The molecule has 0 amide bonds. The quantitative estimate of drug-likeness (QED) is 0.332. The molecule has 162 valence electrons. The normalized spacial score (nSPS) is 19.5. The summed E-state index contributed by atoms with van der Waals surface area (Å²) in [4.78, 5) is 4.48. The number of hydrogen-bond acceptors (Lipinski definition) is 3. The Morgan fingerprint density at radius 2 is 1.80 bits per heavy atom. The lowest BCUT2D eigenvalue weighted by Crippen LogP contribution is -2.46. The molecule has 4 rings (SSSR count). The number of methoxy groups -OCH3 is 1. The molecule has 6 heteroatoms. The summed E-state index contributed by atoms with van der Waals surface area (Å²) in [5.41, 5.74) is 3.60. The van der Waals surface area contributed by atoms with Crippen molar-refractivity contribution in [3.8, 4) is 5.75 Å². The van der Waals surface area contributed by atoms with Gasteiger partial charge in [-0.05, 0) is 42.9 Å². The number of fused-ring (bicyclic) bond motifs is 1. The molecule has 1 heterocycles. The van der Waals surface area contributed by atoms with Crippen LogP contribution >= 0.6 is 24.0 Å². The highest BCUT2D eigenvalue weighted by molar-refractivity contribution is 14.0. The lowest BCUT2D eigenvalue weighted by molar-refractivity contribution is 0.0396. The molecule has 2 aromatic rings. The fraction of sp³-hybridized carbons (Fsp3) is 0.458. The van der Waals surface area contributed by atoms with Crippen LogP contribution in [0.3, 0.4) is 0 Å². The van der Waals surface area contributed by atoms with Gasteiger partial charge < -0.3 is 20.1 Å². The maximum Gasteiger partial charge on any atom is 0.191 e. The molecule has 1 aliphatic carbocycles. The van der Waals surface area contributed by atoms with Crippen LogP contribution < -0.4 is 15.4 Å². The third-order valence-electron chi connectivity index (χ3n) is 6.11. The van der Waals surface area contributed by atoms with Gasteiger partial charge >= 0.3 is 0 Å². The van der Waals surface area contributed by atoms with Gasteiger partial charge in [0, 0.05) is 32.7 Å². The van der Waals surface area contributed by atoms with Crippen molar-refractivity contribution in [1.29, 1.82) is 0 Å². The number of ether oxygens (including phenoxy) is 2. The van der Waals surface area contributed by atoms with Gasteiger partial charge in [0.25, 0.3) is 0 Å². The molecule has 1 unspecified atom stereocenters. The van der Waals surface area contributed by atoms with E-state index in [1.54, 1.807) is 7.11 Å². The Kier molecular flexibility index (Phi) is 7.99. The van der Waals surface area contributed by atoms with Gasteiger partial charge in [0.2, 0.25) is 0 Å². The van der Waals surface area contributed by atoms with E-state index in [1.807, 2.05) is 13.1 Å². The second-order valence-electron chi connectivity index (χ2n) is 8.06. The van der Waals surface area contributed by atoms with E-state index in [0.29, 0.717) is 13.2 Å². The maximum absolute atomic E-state index is 6.48. The lowest BCUT2D eigenvalue weighted by atomic mass is 9.86. The monoisotopic (exact) mass is 521 g/mol. The van der Waals surface area contributed by atoms with Crippen LogP contribution in [0.5, 0.6) is 5.75 Å². The Bertz CT molecular complexity index is 865. The van der Waals surface area contributed by atoms with Crippen molar-refractivity contribution in [3.05, 3.63) is 65.2 Å². The largest absolute Gasteiger partial charge is 0.487 e. The van der Waals surface area contributed by atoms with E-state index in [9.17, 15) is 0 Å². The van der Waals surface area contributed by atoms with Gasteiger partial charge in [-0.15, -0.1) is 24.0 Å². The summed E-state index contributed by atoms with van der Waals surface area (Å²) in [6.45, 7) is 1.31. The Labute approximate surface area is 196 Å². The van der Waals surface area contributed by atoms with E-state index in [4.69, 9.17) is 9.47 Å². The van der Waals surface area contributed by atoms with Crippen LogP contribution in [-0.4, -0.2) is 25.7 Å². The molecule has 30 heavy (non-hydrogen) atoms. The van der Waals surface area contributed by atoms with Gasteiger partial charge in [-0.25, -0.2) is 0 Å². The summed E-state index contributed by atoms with van der Waals surface area (Å²) in [6, 6.07) is 16.9. The van der Waals surface area contributed by atoms with Gasteiger partial charge in [-0.2, -0.15) is 0 Å². The molecule has 0 bridgehead atoms. The zero-order valence-electron chi connectivity index (χ0n) is 17.8. The number of guanidine groups is 1. The van der Waals surface area contributed by atoms with Crippen LogP contribution in [-0.2, 0) is 17.9 Å². The number of halogens is 1. The summed E-state index contributed by atoms with van der Waals surface area (Å²) < 4.78 is 11.8. The van der Waals surface area contributed by atoms with Crippen LogP contribution in [0.25, 0.3) is 0 Å². The van der Waals surface area contributed by atoms with E-state index in [2.05, 4.69) is 58.1 Å². The molecule has 1 saturated carbocycles. The molecule has 5 nitrogen and oxygen atoms in total. The van der Waals surface area contributed by atoms with Crippen molar-refractivity contribution in [2.75, 3.05) is 14.2 Å². The summed E-state index contributed by atoms with van der Waals surface area (Å²) in [7, 11) is 3.55. The van der Waals surface area contributed by atoms with Gasteiger partial charge in [-0.1, -0.05) is 42.5 Å². The average molecular weight is 521 g/mol. The van der Waals surface area contributed by atoms with Crippen molar-refractivity contribution in [2.24, 2.45) is 4.99 Å². The molecule has 0 saturated heterocycles. The highest BCUT2D eigenvalue weighted by Gasteiger charge is 2.43. The van der Waals surface area contributed by atoms with Crippen LogP contribution in [0.1, 0.15) is 54.8 Å². The molecule has 1 spiro atoms. The van der Waals surface area contributed by atoms with Crippen molar-refractivity contribution in [3.63, 3.8) is 0 Å². The predicted molar refractivity (Wildman–Crippen MR) is 132 cm³/mol. The number of hydrogen-bond donors (Lipinski definition) is 2. The first kappa shape index (κ1) is 22.9. The molecule has 2 N–H and O–H groups in total. The Morgan fingerprint density at radius 3 is 2.53 bits per heavy atom. The van der Waals surface area contributed by atoms with Gasteiger partial charge in [-0.3, -0.25) is 4.99 Å². The number of aliphatic imine (C=N–C) groups is 1. The van der Waals surface area contributed by atoms with E-state index in [1.165, 1.54) is 29.5 Å². The molecule has 0 aromatic heterocycles. The van der Waals surface area contributed by atoms with Crippen molar-refractivity contribution in [1.82, 2.24) is 10.6 Å². The maximum atomic E-state index is 6.48. The lowest BCUT2D eigenvalue weighted by Gasteiger charge is -2.40. The molecule has 2 aliphatic rings. The first-order valence-electron chi connectivity index (χ1n) is 10.5. The zero-order chi connectivity index (χ0) is 20.1. The van der Waals surface area contributed by atoms with Crippen LogP contribution in [0, 0.1) is 0 Å². The van der Waals surface area contributed by atoms with Gasteiger partial charge in [0.1, 0.15) is 11.4 Å². The second kappa shape index (κ2) is 10.5. The summed E-state index contributed by atoms with van der Waals surface area (Å²) in [6.07, 6.45) is 5.74. The smallest absolute Gasteiger partial charge is 0.191 e. The van der Waals surface area contributed by atoms with E-state index in [0.717, 1.165) is 31.0 Å². The zero-order valence-corrected chi connectivity index (χ0v) is 20.1. The minimum Gasteiger partial charge on any atom is -0.487 e. The number of para-hydroxylation sites is 1. The molecule has 2 aromatic carbocycles. The third kappa shape index (κ3) is 5.09. The van der Waals surface area contributed by atoms with Crippen LogP contribution in [0.4, 0.5) is 0 Å². The number of nitrogens with one attached hydrogen (secondary N) is 2. The van der Waals surface area contributed by atoms with E-state index < -0.39 is 0 Å². The predicted octanol–water partition coefficient (Wildman–Crippen LogP) is 4.95. The standard InChI is InChI=1S/C24H31N3O2.HI/c1-25-23(26-16-18-9-3-4-10-19(18)17-28-2)27-21-15-24(13-7-8-14-24)29-22-12-6-5-11-20(21)22;/h3-6,9-12,21H,7-8,13-17H2,1-2H3,(H2,25,26,27);1H. The molecule has 0 radical (unpaired) electrons. The third-order valence-corrected chi connectivity index (χ3v) is 6.11. The molecule has 1 aliphatic heterocycles. The summed E-state index contributed by atoms with van der Waals surface area (Å²) in [5.74, 6) is 1.83. The minimum absolute atomic E-state index is 0. The molecular formula is C24H32IN3O2. The first-order chi connectivity index (χ1) is 14.2. The van der Waals surface area contributed by atoms with Crippen LogP contribution in [0.15, 0.2) is 53.5 Å². The van der Waals surface area contributed by atoms with E-state index in [-0.39, 0.29) is 35.6 Å². The fourth-order valence-electron chi connectivity index (χ4n) is 4.64. The average Bonchev–Trinajstić information content (AvgIpc) is 3.19. The SMILES string of the molecule is CN=C(NCc1ccccc1COC)NC1CC2(CCCC2)Oc2ccccc21.I. The second-order valence-corrected chi connectivity index (χ2v) is 8.06. The van der Waals surface area contributed by atoms with E-state index >= 15 is 0 Å². The molecule has 1 atom stereocenters. The first-order valence-corrected chi connectivity index (χ1v) is 10.5. The summed E-state index contributed by atoms with van der Waals surface area (Å²) in [5, 5.41) is 7.15. The number of benzene rings is 2. The highest BCUT2D eigenvalue weighted by Crippen LogP contribution is 2.46. The van der Waals surface area contributed by atoms with Crippen LogP contribution in [0.2, 0.25) is 0 Å². The molecular weight excluding hydrogens is 489 g/mol. The Hall–Kier alpha value is -1.80. The number of rotatable bonds is 5. The fourth-order valence-corrected chi connectivity index (χ4v) is 4.64. The topological polar surface area (TPSA) is 54.9 Å². The van der Waals surface area contributed by atoms with Crippen molar-refractivity contribution in [2.45, 2.75) is 56.9 Å². The van der Waals surface area contributed by atoms with Gasteiger partial charge in [0.15, 0.2) is 5.96 Å². The van der Waals surface area contributed by atoms with Gasteiger partial charge in [0.05, 0.1) is 12.6 Å². The summed E-state index contributed by atoms with van der Waals surface area (Å²) >= 11 is 0. The Balaban J connectivity index is 0.00000256. The Morgan fingerprint density at radius 1 is 1.10 bits per heavy atom. The number of nitrogens with zero attached hydrogens (tertiary/aromatic N) is 1.